The number of morpholine rings is 1. The van der Waals surface area contributed by atoms with Crippen molar-refractivity contribution in [1.82, 2.24) is 4.90 Å². The average molecular weight is 244 g/mol. The number of hydrogen-bond acceptors (Lipinski definition) is 5. The van der Waals surface area contributed by atoms with Crippen LogP contribution < -0.4 is 5.73 Å². The molecule has 2 N–H and O–H groups in total. The maximum atomic E-state index is 11.7. The smallest absolute Gasteiger partial charge is 0.327 e. The highest BCUT2D eigenvalue weighted by Gasteiger charge is 2.33. The van der Waals surface area contributed by atoms with Crippen LogP contribution in [0.5, 0.6) is 0 Å². The zero-order valence-electron chi connectivity index (χ0n) is 11.1. The van der Waals surface area contributed by atoms with Gasteiger partial charge >= 0.3 is 5.97 Å². The van der Waals surface area contributed by atoms with Crippen LogP contribution in [0.3, 0.4) is 0 Å². The van der Waals surface area contributed by atoms with Gasteiger partial charge in [-0.2, -0.15) is 0 Å². The van der Waals surface area contributed by atoms with Gasteiger partial charge in [0.05, 0.1) is 19.3 Å². The fourth-order valence-corrected chi connectivity index (χ4v) is 2.00. The maximum Gasteiger partial charge on any atom is 0.327 e. The lowest BCUT2D eigenvalue weighted by Crippen LogP contribution is -2.57. The van der Waals surface area contributed by atoms with Crippen molar-refractivity contribution in [3.63, 3.8) is 0 Å². The van der Waals surface area contributed by atoms with E-state index in [1.165, 1.54) is 0 Å². The topological polar surface area (TPSA) is 64.8 Å². The van der Waals surface area contributed by atoms with E-state index in [0.717, 1.165) is 19.5 Å². The number of nitrogens with two attached hydrogens (primary N) is 1. The molecule has 1 aliphatic rings. The van der Waals surface area contributed by atoms with E-state index >= 15 is 0 Å². The summed E-state index contributed by atoms with van der Waals surface area (Å²) in [4.78, 5) is 13.9. The van der Waals surface area contributed by atoms with E-state index in [9.17, 15) is 4.79 Å². The number of carbonyl (C=O) groups excluding carboxylic acids is 1. The molecule has 1 saturated heterocycles. The molecule has 2 unspecified atom stereocenters. The molecule has 1 rings (SSSR count). The Bertz CT molecular complexity index is 256. The van der Waals surface area contributed by atoms with Crippen LogP contribution in [0.15, 0.2) is 0 Å². The number of carbonyl (C=O) groups is 1. The van der Waals surface area contributed by atoms with Gasteiger partial charge in [0.15, 0.2) is 0 Å². The van der Waals surface area contributed by atoms with Crippen LogP contribution in [0.25, 0.3) is 0 Å². The van der Waals surface area contributed by atoms with Crippen molar-refractivity contribution in [2.75, 3.05) is 32.8 Å². The molecule has 0 amide bonds. The highest BCUT2D eigenvalue weighted by molar-refractivity contribution is 5.80. The van der Waals surface area contributed by atoms with E-state index in [1.807, 2.05) is 0 Å². The molecular formula is C12H24N2O3. The van der Waals surface area contributed by atoms with Gasteiger partial charge in [-0.1, -0.05) is 6.92 Å². The summed E-state index contributed by atoms with van der Waals surface area (Å²) in [5.74, 6) is -0.334. The van der Waals surface area contributed by atoms with E-state index in [4.69, 9.17) is 15.2 Å². The second kappa shape index (κ2) is 6.33. The van der Waals surface area contributed by atoms with Gasteiger partial charge in [-0.15, -0.1) is 0 Å². The fraction of sp³-hybridized carbons (Fsp3) is 0.917. The third-order valence-corrected chi connectivity index (χ3v) is 2.97. The zero-order valence-corrected chi connectivity index (χ0v) is 11.1. The minimum absolute atomic E-state index is 0.252. The molecule has 0 aromatic heterocycles. The van der Waals surface area contributed by atoms with Crippen molar-refractivity contribution in [2.24, 2.45) is 5.73 Å². The average Bonchev–Trinajstić information content (AvgIpc) is 2.29. The molecular weight excluding hydrogens is 220 g/mol. The standard InChI is InChI=1S/C12H24N2O3/c1-4-10-8-14(6-7-17-10)9-12(3,13)11(15)16-5-2/h10H,4-9,13H2,1-3H3. The third kappa shape index (κ3) is 4.26. The zero-order chi connectivity index (χ0) is 12.9. The van der Waals surface area contributed by atoms with Gasteiger partial charge in [0.2, 0.25) is 0 Å². The predicted molar refractivity (Wildman–Crippen MR) is 65.7 cm³/mol. The lowest BCUT2D eigenvalue weighted by molar-refractivity contribution is -0.150. The summed E-state index contributed by atoms with van der Waals surface area (Å²) in [6.45, 7) is 8.86. The largest absolute Gasteiger partial charge is 0.465 e. The first kappa shape index (κ1) is 14.4. The van der Waals surface area contributed by atoms with E-state index < -0.39 is 5.54 Å². The molecule has 17 heavy (non-hydrogen) atoms. The first-order valence-corrected chi connectivity index (χ1v) is 6.29. The van der Waals surface area contributed by atoms with Crippen LogP contribution in [0.1, 0.15) is 27.2 Å². The van der Waals surface area contributed by atoms with Gasteiger partial charge in [0, 0.05) is 19.6 Å². The highest BCUT2D eigenvalue weighted by Crippen LogP contribution is 2.12. The van der Waals surface area contributed by atoms with Crippen molar-refractivity contribution in [2.45, 2.75) is 38.8 Å². The molecule has 0 radical (unpaired) electrons. The minimum atomic E-state index is -0.939. The van der Waals surface area contributed by atoms with Gasteiger partial charge in [-0.3, -0.25) is 9.69 Å². The summed E-state index contributed by atoms with van der Waals surface area (Å²) in [6, 6.07) is 0. The summed E-state index contributed by atoms with van der Waals surface area (Å²) >= 11 is 0. The molecule has 1 fully saturated rings. The second-order valence-corrected chi connectivity index (χ2v) is 4.77. The molecule has 0 spiro atoms. The van der Waals surface area contributed by atoms with Crippen LogP contribution in [0.4, 0.5) is 0 Å². The van der Waals surface area contributed by atoms with Crippen LogP contribution in [-0.2, 0) is 14.3 Å². The quantitative estimate of drug-likeness (QED) is 0.708. The SMILES string of the molecule is CCOC(=O)C(C)(N)CN1CCOC(CC)C1. The first-order chi connectivity index (χ1) is 7.99. The van der Waals surface area contributed by atoms with E-state index in [1.54, 1.807) is 13.8 Å². The molecule has 5 nitrogen and oxygen atoms in total. The molecule has 0 aliphatic carbocycles. The number of esters is 1. The van der Waals surface area contributed by atoms with Gasteiger partial charge in [-0.05, 0) is 20.3 Å². The highest BCUT2D eigenvalue weighted by atomic mass is 16.5. The van der Waals surface area contributed by atoms with Gasteiger partial charge in [0.1, 0.15) is 5.54 Å². The summed E-state index contributed by atoms with van der Waals surface area (Å²) < 4.78 is 10.6. The van der Waals surface area contributed by atoms with Gasteiger partial charge in [-0.25, -0.2) is 0 Å². The molecule has 2 atom stereocenters. The molecule has 1 aliphatic heterocycles. The Hall–Kier alpha value is -0.650. The Labute approximate surface area is 103 Å². The summed E-state index contributed by atoms with van der Waals surface area (Å²) in [5.41, 5.74) is 5.07. The van der Waals surface area contributed by atoms with Gasteiger partial charge < -0.3 is 15.2 Å². The molecule has 1 heterocycles. The third-order valence-electron chi connectivity index (χ3n) is 2.97. The van der Waals surface area contributed by atoms with E-state index in [0.29, 0.717) is 19.8 Å². The minimum Gasteiger partial charge on any atom is -0.465 e. The Morgan fingerprint density at radius 3 is 2.88 bits per heavy atom. The van der Waals surface area contributed by atoms with Crippen LogP contribution in [-0.4, -0.2) is 55.4 Å². The molecule has 0 aromatic rings. The van der Waals surface area contributed by atoms with Crippen molar-refractivity contribution >= 4 is 5.97 Å². The number of hydrogen-bond donors (Lipinski definition) is 1. The first-order valence-electron chi connectivity index (χ1n) is 6.29. The molecule has 0 bridgehead atoms. The van der Waals surface area contributed by atoms with Crippen LogP contribution in [0.2, 0.25) is 0 Å². The van der Waals surface area contributed by atoms with E-state index in [2.05, 4.69) is 11.8 Å². The Morgan fingerprint density at radius 2 is 2.29 bits per heavy atom. The molecule has 100 valence electrons. The van der Waals surface area contributed by atoms with Gasteiger partial charge in [0.25, 0.3) is 0 Å². The molecule has 5 heteroatoms. The van der Waals surface area contributed by atoms with Crippen molar-refractivity contribution in [3.05, 3.63) is 0 Å². The second-order valence-electron chi connectivity index (χ2n) is 4.77. The predicted octanol–water partition coefficient (Wildman–Crippen LogP) is 0.378. The van der Waals surface area contributed by atoms with Crippen LogP contribution >= 0.6 is 0 Å². The summed E-state index contributed by atoms with van der Waals surface area (Å²) in [5, 5.41) is 0. The van der Waals surface area contributed by atoms with Crippen molar-refractivity contribution < 1.29 is 14.3 Å². The summed E-state index contributed by atoms with van der Waals surface area (Å²) in [7, 11) is 0. The van der Waals surface area contributed by atoms with Crippen molar-refractivity contribution in [1.29, 1.82) is 0 Å². The monoisotopic (exact) mass is 244 g/mol. The van der Waals surface area contributed by atoms with Crippen LogP contribution in [0, 0.1) is 0 Å². The number of ether oxygens (including phenoxy) is 2. The lowest BCUT2D eigenvalue weighted by atomic mass is 10.0. The number of rotatable bonds is 5. The Kier molecular flexibility index (Phi) is 5.36. The number of nitrogens with zero attached hydrogens (tertiary/aromatic N) is 1. The summed E-state index contributed by atoms with van der Waals surface area (Å²) in [6.07, 6.45) is 1.23. The molecule has 0 aromatic carbocycles. The molecule has 0 saturated carbocycles. The normalized spacial score (nSPS) is 25.3. The fourth-order valence-electron chi connectivity index (χ4n) is 2.00. The Balaban J connectivity index is 2.48. The Morgan fingerprint density at radius 1 is 1.59 bits per heavy atom. The lowest BCUT2D eigenvalue weighted by Gasteiger charge is -2.36. The van der Waals surface area contributed by atoms with Crippen molar-refractivity contribution in [3.8, 4) is 0 Å². The maximum absolute atomic E-state index is 11.7. The van der Waals surface area contributed by atoms with E-state index in [-0.39, 0.29) is 12.1 Å².